The van der Waals surface area contributed by atoms with Crippen LogP contribution in [-0.4, -0.2) is 17.7 Å². The predicted molar refractivity (Wildman–Crippen MR) is 81.1 cm³/mol. The maximum Gasteiger partial charge on any atom is 0.259 e. The summed E-state index contributed by atoms with van der Waals surface area (Å²) in [5.41, 5.74) is 1.99. The molecule has 2 bridgehead atoms. The van der Waals surface area contributed by atoms with Gasteiger partial charge < -0.3 is 4.90 Å². The van der Waals surface area contributed by atoms with Crippen molar-refractivity contribution in [1.29, 1.82) is 0 Å². The molecule has 1 aromatic heterocycles. The van der Waals surface area contributed by atoms with Crippen LogP contribution >= 0.6 is 0 Å². The highest BCUT2D eigenvalue weighted by atomic mass is 16.1. The third kappa shape index (κ3) is 1.77. The van der Waals surface area contributed by atoms with Gasteiger partial charge in [0.1, 0.15) is 5.82 Å². The standard InChI is InChI=1S/C17H18N2O/c20-17-15(14-6-2-1-3-7-14)8-9-16-18-10-4-5-13(11-18)12-19(16)17/h1-3,6-9,13H,4-5,10-12H2. The van der Waals surface area contributed by atoms with Crippen LogP contribution in [0.15, 0.2) is 47.3 Å². The van der Waals surface area contributed by atoms with E-state index in [1.807, 2.05) is 41.0 Å². The summed E-state index contributed by atoms with van der Waals surface area (Å²) in [7, 11) is 0. The third-order valence-electron chi connectivity index (χ3n) is 4.52. The molecule has 2 aliphatic heterocycles. The van der Waals surface area contributed by atoms with Gasteiger partial charge in [0.15, 0.2) is 0 Å². The molecular weight excluding hydrogens is 248 g/mol. The quantitative estimate of drug-likeness (QED) is 0.793. The summed E-state index contributed by atoms with van der Waals surface area (Å²) in [6.45, 7) is 3.08. The van der Waals surface area contributed by atoms with Crippen LogP contribution in [-0.2, 0) is 6.54 Å². The number of fused-ring (bicyclic) bond motifs is 4. The van der Waals surface area contributed by atoms with Gasteiger partial charge in [-0.3, -0.25) is 9.36 Å². The smallest absolute Gasteiger partial charge is 0.259 e. The van der Waals surface area contributed by atoms with Gasteiger partial charge in [-0.05, 0) is 36.5 Å². The fourth-order valence-corrected chi connectivity index (χ4v) is 3.54. The molecule has 1 saturated heterocycles. The zero-order chi connectivity index (χ0) is 13.5. The minimum Gasteiger partial charge on any atom is -0.358 e. The van der Waals surface area contributed by atoms with Gasteiger partial charge in [0.25, 0.3) is 5.56 Å². The first-order chi connectivity index (χ1) is 9.83. The average Bonchev–Trinajstić information content (AvgIpc) is 2.50. The molecule has 4 rings (SSSR count). The Bertz CT molecular complexity index is 690. The minimum absolute atomic E-state index is 0.158. The Labute approximate surface area is 118 Å². The van der Waals surface area contributed by atoms with E-state index in [1.54, 1.807) is 0 Å². The molecule has 1 aromatic carbocycles. The van der Waals surface area contributed by atoms with Gasteiger partial charge in [0.05, 0.1) is 0 Å². The number of hydrogen-bond acceptors (Lipinski definition) is 2. The van der Waals surface area contributed by atoms with Crippen molar-refractivity contribution in [3.05, 3.63) is 52.8 Å². The second kappa shape index (κ2) is 4.51. The summed E-state index contributed by atoms with van der Waals surface area (Å²) < 4.78 is 1.98. The number of aromatic nitrogens is 1. The van der Waals surface area contributed by atoms with Crippen molar-refractivity contribution in [2.24, 2.45) is 5.92 Å². The highest BCUT2D eigenvalue weighted by Gasteiger charge is 2.28. The highest BCUT2D eigenvalue weighted by Crippen LogP contribution is 2.30. The normalized spacial score (nSPS) is 20.6. The van der Waals surface area contributed by atoms with Crippen molar-refractivity contribution in [3.63, 3.8) is 0 Å². The molecule has 3 heterocycles. The lowest BCUT2D eigenvalue weighted by Gasteiger charge is -2.41. The van der Waals surface area contributed by atoms with Crippen LogP contribution in [0.5, 0.6) is 0 Å². The summed E-state index contributed by atoms with van der Waals surface area (Å²) in [6.07, 6.45) is 2.50. The van der Waals surface area contributed by atoms with Crippen molar-refractivity contribution in [3.8, 4) is 11.1 Å². The zero-order valence-corrected chi connectivity index (χ0v) is 11.5. The molecule has 20 heavy (non-hydrogen) atoms. The molecular formula is C17H18N2O. The first-order valence-electron chi connectivity index (χ1n) is 7.37. The molecule has 0 saturated carbocycles. The molecule has 1 atom stereocenters. The fraction of sp³-hybridized carbons (Fsp3) is 0.353. The molecule has 1 fully saturated rings. The Balaban J connectivity index is 1.86. The lowest BCUT2D eigenvalue weighted by molar-refractivity contribution is 0.329. The van der Waals surface area contributed by atoms with Crippen molar-refractivity contribution in [1.82, 2.24) is 4.57 Å². The largest absolute Gasteiger partial charge is 0.358 e. The number of nitrogens with zero attached hydrogens (tertiary/aromatic N) is 2. The van der Waals surface area contributed by atoms with E-state index in [4.69, 9.17) is 0 Å². The minimum atomic E-state index is 0.158. The molecule has 2 aliphatic rings. The van der Waals surface area contributed by atoms with E-state index in [0.29, 0.717) is 5.92 Å². The number of benzene rings is 1. The van der Waals surface area contributed by atoms with Gasteiger partial charge in [-0.2, -0.15) is 0 Å². The summed E-state index contributed by atoms with van der Waals surface area (Å²) in [5.74, 6) is 1.74. The van der Waals surface area contributed by atoms with Gasteiger partial charge in [-0.15, -0.1) is 0 Å². The highest BCUT2D eigenvalue weighted by molar-refractivity contribution is 5.64. The van der Waals surface area contributed by atoms with E-state index >= 15 is 0 Å². The van der Waals surface area contributed by atoms with Gasteiger partial charge in [-0.1, -0.05) is 30.3 Å². The van der Waals surface area contributed by atoms with Crippen LogP contribution in [0, 0.1) is 5.92 Å². The zero-order valence-electron chi connectivity index (χ0n) is 11.5. The number of hydrogen-bond donors (Lipinski definition) is 0. The maximum absolute atomic E-state index is 12.8. The Morgan fingerprint density at radius 3 is 2.70 bits per heavy atom. The monoisotopic (exact) mass is 266 g/mol. The molecule has 1 unspecified atom stereocenters. The number of anilines is 1. The predicted octanol–water partition coefficient (Wildman–Crippen LogP) is 2.75. The fourth-order valence-electron chi connectivity index (χ4n) is 3.54. The Morgan fingerprint density at radius 2 is 1.85 bits per heavy atom. The van der Waals surface area contributed by atoms with E-state index < -0.39 is 0 Å². The van der Waals surface area contributed by atoms with Gasteiger partial charge in [0, 0.05) is 25.2 Å². The van der Waals surface area contributed by atoms with Crippen LogP contribution in [0.3, 0.4) is 0 Å². The van der Waals surface area contributed by atoms with E-state index in [2.05, 4.69) is 11.0 Å². The Hall–Kier alpha value is -2.03. The Morgan fingerprint density at radius 1 is 1.00 bits per heavy atom. The van der Waals surface area contributed by atoms with E-state index in [9.17, 15) is 4.79 Å². The second-order valence-electron chi connectivity index (χ2n) is 5.84. The van der Waals surface area contributed by atoms with E-state index in [0.717, 1.165) is 36.6 Å². The molecule has 0 aliphatic carbocycles. The molecule has 0 spiro atoms. The van der Waals surface area contributed by atoms with Crippen molar-refractivity contribution >= 4 is 5.82 Å². The first kappa shape index (κ1) is 11.8. The van der Waals surface area contributed by atoms with Crippen molar-refractivity contribution < 1.29 is 0 Å². The van der Waals surface area contributed by atoms with E-state index in [-0.39, 0.29) is 5.56 Å². The van der Waals surface area contributed by atoms with Crippen LogP contribution in [0.1, 0.15) is 12.8 Å². The van der Waals surface area contributed by atoms with Crippen LogP contribution in [0.4, 0.5) is 5.82 Å². The second-order valence-corrected chi connectivity index (χ2v) is 5.84. The maximum atomic E-state index is 12.8. The van der Waals surface area contributed by atoms with Gasteiger partial charge in [0.2, 0.25) is 0 Å². The average molecular weight is 266 g/mol. The first-order valence-corrected chi connectivity index (χ1v) is 7.37. The summed E-state index contributed by atoms with van der Waals surface area (Å²) >= 11 is 0. The molecule has 3 nitrogen and oxygen atoms in total. The van der Waals surface area contributed by atoms with Gasteiger partial charge in [-0.25, -0.2) is 0 Å². The summed E-state index contributed by atoms with van der Waals surface area (Å²) in [4.78, 5) is 15.2. The number of piperidine rings is 1. The van der Waals surface area contributed by atoms with Crippen molar-refractivity contribution in [2.45, 2.75) is 19.4 Å². The molecule has 2 aromatic rings. The summed E-state index contributed by atoms with van der Waals surface area (Å²) in [6, 6.07) is 14.1. The topological polar surface area (TPSA) is 25.2 Å². The lowest BCUT2D eigenvalue weighted by atomic mass is 9.95. The third-order valence-corrected chi connectivity index (χ3v) is 4.52. The van der Waals surface area contributed by atoms with Crippen molar-refractivity contribution in [2.75, 3.05) is 18.0 Å². The SMILES string of the molecule is O=c1c(-c2ccccc2)ccc2n1CC1CCCN2C1. The molecule has 0 radical (unpaired) electrons. The molecule has 0 amide bonds. The van der Waals surface area contributed by atoms with Gasteiger partial charge >= 0.3 is 0 Å². The number of pyridine rings is 1. The van der Waals surface area contributed by atoms with Crippen LogP contribution < -0.4 is 10.5 Å². The van der Waals surface area contributed by atoms with E-state index in [1.165, 1.54) is 12.8 Å². The number of rotatable bonds is 1. The summed E-state index contributed by atoms with van der Waals surface area (Å²) in [5, 5.41) is 0. The lowest BCUT2D eigenvalue weighted by Crippen LogP contribution is -2.46. The molecule has 102 valence electrons. The Kier molecular flexibility index (Phi) is 2.66. The van der Waals surface area contributed by atoms with Crippen LogP contribution in [0.2, 0.25) is 0 Å². The molecule has 0 N–H and O–H groups in total. The van der Waals surface area contributed by atoms with Crippen LogP contribution in [0.25, 0.3) is 11.1 Å². The molecule has 3 heteroatoms.